The zero-order valence-corrected chi connectivity index (χ0v) is 16.7. The molecule has 2 heterocycles. The summed E-state index contributed by atoms with van der Waals surface area (Å²) in [5.74, 6) is 0.962. The molecule has 2 N–H and O–H groups in total. The minimum atomic E-state index is -0.0618. The number of halogens is 1. The maximum Gasteiger partial charge on any atom is 0.221 e. The van der Waals surface area contributed by atoms with Gasteiger partial charge in [-0.3, -0.25) is 9.79 Å². The van der Waals surface area contributed by atoms with Crippen LogP contribution in [0.5, 0.6) is 0 Å². The van der Waals surface area contributed by atoms with Gasteiger partial charge in [0.15, 0.2) is 0 Å². The zero-order valence-electron chi connectivity index (χ0n) is 15.9. The molecule has 1 spiro atoms. The molecule has 6 heteroatoms. The Morgan fingerprint density at radius 1 is 1.25 bits per heavy atom. The predicted octanol–water partition coefficient (Wildman–Crippen LogP) is 4.66. The molecule has 1 saturated heterocycles. The number of fused-ring (bicyclic) bond motifs is 1. The number of carbonyl (C=O) groups excluding carboxylic acids is 1. The van der Waals surface area contributed by atoms with Crippen LogP contribution >= 0.6 is 11.6 Å². The SMILES string of the molecule is CC(=O)Nc1ccc2c(c1)CC1(CCOCC1)C(=NCc1cccc(Cl)c1)N2. The lowest BCUT2D eigenvalue weighted by Crippen LogP contribution is -2.45. The molecule has 1 amide bonds. The highest BCUT2D eigenvalue weighted by atomic mass is 35.5. The van der Waals surface area contributed by atoms with Crippen LogP contribution < -0.4 is 10.6 Å². The summed E-state index contributed by atoms with van der Waals surface area (Å²) in [6.45, 7) is 3.58. The Balaban J connectivity index is 1.65. The summed E-state index contributed by atoms with van der Waals surface area (Å²) in [5.41, 5.74) is 4.12. The summed E-state index contributed by atoms with van der Waals surface area (Å²) >= 11 is 6.12. The lowest BCUT2D eigenvalue weighted by molar-refractivity contribution is -0.114. The first-order valence-electron chi connectivity index (χ1n) is 9.59. The number of nitrogens with zero attached hydrogens (tertiary/aromatic N) is 1. The van der Waals surface area contributed by atoms with Gasteiger partial charge in [0.25, 0.3) is 0 Å². The molecule has 0 unspecified atom stereocenters. The molecule has 0 radical (unpaired) electrons. The van der Waals surface area contributed by atoms with Crippen LogP contribution in [0.4, 0.5) is 11.4 Å². The second kappa shape index (κ2) is 7.94. The van der Waals surface area contributed by atoms with E-state index in [1.54, 1.807) is 0 Å². The van der Waals surface area contributed by atoms with Crippen LogP contribution in [0.15, 0.2) is 47.5 Å². The largest absolute Gasteiger partial charge is 0.381 e. The molecule has 0 saturated carbocycles. The minimum absolute atomic E-state index is 0.0569. The number of amides is 1. The molecule has 0 atom stereocenters. The number of aliphatic imine (C=N–C) groups is 1. The number of hydrogen-bond acceptors (Lipinski definition) is 3. The van der Waals surface area contributed by atoms with Gasteiger partial charge in [-0.05, 0) is 60.7 Å². The average Bonchev–Trinajstić information content (AvgIpc) is 2.67. The Kier molecular flexibility index (Phi) is 5.38. The van der Waals surface area contributed by atoms with Crippen LogP contribution in [0.1, 0.15) is 30.9 Å². The topological polar surface area (TPSA) is 62.7 Å². The van der Waals surface area contributed by atoms with Crippen molar-refractivity contribution < 1.29 is 9.53 Å². The van der Waals surface area contributed by atoms with Crippen molar-refractivity contribution in [2.45, 2.75) is 32.7 Å². The van der Waals surface area contributed by atoms with E-state index in [0.29, 0.717) is 6.54 Å². The van der Waals surface area contributed by atoms with E-state index in [2.05, 4.69) is 16.7 Å². The van der Waals surface area contributed by atoms with E-state index in [0.717, 1.165) is 60.3 Å². The van der Waals surface area contributed by atoms with Crippen LogP contribution in [-0.4, -0.2) is 25.0 Å². The van der Waals surface area contributed by atoms with Gasteiger partial charge in [0.1, 0.15) is 5.84 Å². The van der Waals surface area contributed by atoms with Crippen molar-refractivity contribution in [3.63, 3.8) is 0 Å². The first-order valence-corrected chi connectivity index (χ1v) is 9.97. The number of benzene rings is 2. The lowest BCUT2D eigenvalue weighted by Gasteiger charge is -2.42. The van der Waals surface area contributed by atoms with Gasteiger partial charge in [-0.15, -0.1) is 0 Å². The summed E-state index contributed by atoms with van der Waals surface area (Å²) in [5, 5.41) is 7.17. The molecule has 28 heavy (non-hydrogen) atoms. The quantitative estimate of drug-likeness (QED) is 0.791. The highest BCUT2D eigenvalue weighted by Gasteiger charge is 2.41. The summed E-state index contributed by atoms with van der Waals surface area (Å²) in [6.07, 6.45) is 2.75. The molecular weight excluding hydrogens is 374 g/mol. The number of hydrogen-bond donors (Lipinski definition) is 2. The van der Waals surface area contributed by atoms with E-state index < -0.39 is 0 Å². The maximum atomic E-state index is 11.4. The molecule has 146 valence electrons. The third-order valence-corrected chi connectivity index (χ3v) is 5.70. The van der Waals surface area contributed by atoms with Gasteiger partial charge < -0.3 is 15.4 Å². The van der Waals surface area contributed by atoms with Crippen LogP contribution in [0.3, 0.4) is 0 Å². The third-order valence-electron chi connectivity index (χ3n) is 5.47. The van der Waals surface area contributed by atoms with Gasteiger partial charge in [-0.25, -0.2) is 0 Å². The highest BCUT2D eigenvalue weighted by Crippen LogP contribution is 2.42. The Hall–Kier alpha value is -2.37. The summed E-state index contributed by atoms with van der Waals surface area (Å²) in [7, 11) is 0. The third kappa shape index (κ3) is 4.05. The average molecular weight is 398 g/mol. The van der Waals surface area contributed by atoms with Gasteiger partial charge in [0, 0.05) is 41.9 Å². The number of anilines is 2. The second-order valence-electron chi connectivity index (χ2n) is 7.54. The number of nitrogens with one attached hydrogen (secondary N) is 2. The molecule has 0 aliphatic carbocycles. The first-order chi connectivity index (χ1) is 13.5. The zero-order chi connectivity index (χ0) is 19.6. The Morgan fingerprint density at radius 3 is 2.82 bits per heavy atom. The van der Waals surface area contributed by atoms with Gasteiger partial charge in [0.05, 0.1) is 6.54 Å². The van der Waals surface area contributed by atoms with Crippen molar-refractivity contribution in [1.29, 1.82) is 0 Å². The Bertz CT molecular complexity index is 920. The molecule has 2 aromatic rings. The van der Waals surface area contributed by atoms with Crippen LogP contribution in [-0.2, 0) is 22.5 Å². The van der Waals surface area contributed by atoms with Crippen molar-refractivity contribution in [3.8, 4) is 0 Å². The van der Waals surface area contributed by atoms with Gasteiger partial charge in [-0.2, -0.15) is 0 Å². The van der Waals surface area contributed by atoms with E-state index in [4.69, 9.17) is 21.3 Å². The molecule has 2 aliphatic rings. The van der Waals surface area contributed by atoms with Crippen molar-refractivity contribution in [2.75, 3.05) is 23.8 Å². The standard InChI is InChI=1S/C22H24ClN3O2/c1-15(27)25-19-5-6-20-17(12-19)13-22(7-9-28-10-8-22)21(26-20)24-14-16-3-2-4-18(23)11-16/h2-6,11-12H,7-10,13-14H2,1H3,(H,24,26)(H,25,27). The number of ether oxygens (including phenoxy) is 1. The van der Waals surface area contributed by atoms with Crippen LogP contribution in [0.2, 0.25) is 5.02 Å². The number of amidine groups is 1. The van der Waals surface area contributed by atoms with Gasteiger partial charge in [-0.1, -0.05) is 23.7 Å². The summed E-state index contributed by atoms with van der Waals surface area (Å²) in [6, 6.07) is 13.8. The van der Waals surface area contributed by atoms with E-state index in [-0.39, 0.29) is 11.3 Å². The van der Waals surface area contributed by atoms with E-state index in [1.165, 1.54) is 12.5 Å². The smallest absolute Gasteiger partial charge is 0.221 e. The normalized spacial score (nSPS) is 19.1. The number of rotatable bonds is 3. The molecule has 2 aliphatic heterocycles. The fraction of sp³-hybridized carbons (Fsp3) is 0.364. The summed E-state index contributed by atoms with van der Waals surface area (Å²) in [4.78, 5) is 16.4. The fourth-order valence-electron chi connectivity index (χ4n) is 4.04. The molecular formula is C22H24ClN3O2. The van der Waals surface area contributed by atoms with Gasteiger partial charge >= 0.3 is 0 Å². The summed E-state index contributed by atoms with van der Waals surface area (Å²) < 4.78 is 5.63. The second-order valence-corrected chi connectivity index (χ2v) is 7.98. The van der Waals surface area contributed by atoms with Crippen LogP contribution in [0.25, 0.3) is 0 Å². The first kappa shape index (κ1) is 19.0. The van der Waals surface area contributed by atoms with Crippen molar-refractivity contribution in [2.24, 2.45) is 10.4 Å². The van der Waals surface area contributed by atoms with Gasteiger partial charge in [0.2, 0.25) is 5.91 Å². The highest BCUT2D eigenvalue weighted by molar-refractivity contribution is 6.30. The molecule has 0 aromatic heterocycles. The number of carbonyl (C=O) groups is 1. The van der Waals surface area contributed by atoms with Crippen molar-refractivity contribution >= 4 is 34.7 Å². The van der Waals surface area contributed by atoms with Crippen LogP contribution in [0, 0.1) is 5.41 Å². The predicted molar refractivity (Wildman–Crippen MR) is 113 cm³/mol. The fourth-order valence-corrected chi connectivity index (χ4v) is 4.25. The monoisotopic (exact) mass is 397 g/mol. The molecule has 1 fully saturated rings. The molecule has 0 bridgehead atoms. The lowest BCUT2D eigenvalue weighted by atomic mass is 9.71. The minimum Gasteiger partial charge on any atom is -0.381 e. The van der Waals surface area contributed by atoms with Crippen molar-refractivity contribution in [3.05, 3.63) is 58.6 Å². The molecule has 2 aromatic carbocycles. The Labute approximate surface area is 170 Å². The van der Waals surface area contributed by atoms with E-state index >= 15 is 0 Å². The molecule has 5 nitrogen and oxygen atoms in total. The van der Waals surface area contributed by atoms with E-state index in [9.17, 15) is 4.79 Å². The van der Waals surface area contributed by atoms with E-state index in [1.807, 2.05) is 36.4 Å². The van der Waals surface area contributed by atoms with Crippen molar-refractivity contribution in [1.82, 2.24) is 0 Å². The molecule has 4 rings (SSSR count). The maximum absolute atomic E-state index is 11.4. The Morgan fingerprint density at radius 2 is 2.07 bits per heavy atom.